The number of hydrogen-bond acceptors (Lipinski definition) is 4. The summed E-state index contributed by atoms with van der Waals surface area (Å²) in [6.45, 7) is 4.32. The molecule has 36 heavy (non-hydrogen) atoms. The molecular formula is C25H27F6NO4. The third kappa shape index (κ3) is 9.18. The second-order valence-electron chi connectivity index (χ2n) is 9.04. The topological polar surface area (TPSA) is 64.6 Å². The van der Waals surface area contributed by atoms with Gasteiger partial charge in [-0.15, -0.1) is 0 Å². The zero-order valence-corrected chi connectivity index (χ0v) is 19.9. The van der Waals surface area contributed by atoms with Gasteiger partial charge in [0.05, 0.1) is 29.9 Å². The van der Waals surface area contributed by atoms with Gasteiger partial charge in [0.15, 0.2) is 0 Å². The first-order valence-corrected chi connectivity index (χ1v) is 11.0. The third-order valence-electron chi connectivity index (χ3n) is 4.88. The van der Waals surface area contributed by atoms with E-state index in [9.17, 15) is 35.9 Å². The number of carbonyl (C=O) groups is 2. The maximum atomic E-state index is 13.2. The van der Waals surface area contributed by atoms with E-state index in [1.54, 1.807) is 51.1 Å². The number of amides is 1. The Hall–Kier alpha value is -3.08. The SMILES string of the molecule is CC(C)(C)OC(=O)N[C@H](c1ccccc1)[C@@H](CCC=O)OCc1cc(C(F)(F)F)cc(C(F)(F)F)c1. The summed E-state index contributed by atoms with van der Waals surface area (Å²) in [6, 6.07) is 8.66. The lowest BCUT2D eigenvalue weighted by Crippen LogP contribution is -2.40. The fourth-order valence-corrected chi connectivity index (χ4v) is 3.37. The highest BCUT2D eigenvalue weighted by Gasteiger charge is 2.37. The average molecular weight is 519 g/mol. The number of carbonyl (C=O) groups excluding carboxylic acids is 2. The quantitative estimate of drug-likeness (QED) is 0.291. The molecule has 0 aliphatic heterocycles. The molecule has 0 unspecified atom stereocenters. The standard InChI is InChI=1S/C25H27F6NO4/c1-23(2,3)36-22(34)32-21(17-8-5-4-6-9-17)20(10-7-11-33)35-15-16-12-18(24(26,27)28)14-19(13-16)25(29,30)31/h4-6,8-9,11-14,20-21H,7,10,15H2,1-3H3,(H,32,34)/t20-,21-/m1/s1. The van der Waals surface area contributed by atoms with Gasteiger partial charge in [0.25, 0.3) is 0 Å². The van der Waals surface area contributed by atoms with Crippen LogP contribution in [0, 0.1) is 0 Å². The summed E-state index contributed by atoms with van der Waals surface area (Å²) in [5, 5.41) is 2.64. The summed E-state index contributed by atoms with van der Waals surface area (Å²) in [5.41, 5.74) is -3.59. The van der Waals surface area contributed by atoms with E-state index < -0.39 is 53.9 Å². The van der Waals surface area contributed by atoms with Crippen molar-refractivity contribution in [3.05, 3.63) is 70.8 Å². The Morgan fingerprint density at radius 1 is 0.944 bits per heavy atom. The molecule has 0 aliphatic rings. The van der Waals surface area contributed by atoms with Crippen LogP contribution >= 0.6 is 0 Å². The van der Waals surface area contributed by atoms with Crippen LogP contribution in [0.3, 0.4) is 0 Å². The second-order valence-corrected chi connectivity index (χ2v) is 9.04. The lowest BCUT2D eigenvalue weighted by Gasteiger charge is -2.30. The van der Waals surface area contributed by atoms with E-state index in [1.165, 1.54) is 0 Å². The van der Waals surface area contributed by atoms with E-state index in [-0.39, 0.29) is 24.5 Å². The number of alkyl halides is 6. The highest BCUT2D eigenvalue weighted by Crippen LogP contribution is 2.37. The van der Waals surface area contributed by atoms with Crippen LogP contribution in [0.5, 0.6) is 0 Å². The summed E-state index contributed by atoms with van der Waals surface area (Å²) in [6.07, 6.45) is -11.2. The predicted octanol–water partition coefficient (Wildman–Crippen LogP) is 6.85. The van der Waals surface area contributed by atoms with Crippen molar-refractivity contribution in [1.29, 1.82) is 0 Å². The Morgan fingerprint density at radius 2 is 1.50 bits per heavy atom. The summed E-state index contributed by atoms with van der Waals surface area (Å²) < 4.78 is 90.4. The minimum Gasteiger partial charge on any atom is -0.444 e. The van der Waals surface area contributed by atoms with Crippen molar-refractivity contribution in [1.82, 2.24) is 5.32 Å². The molecule has 0 saturated carbocycles. The van der Waals surface area contributed by atoms with E-state index in [0.29, 0.717) is 24.0 Å². The van der Waals surface area contributed by atoms with Gasteiger partial charge < -0.3 is 19.6 Å². The largest absolute Gasteiger partial charge is 0.444 e. The highest BCUT2D eigenvalue weighted by molar-refractivity contribution is 5.68. The molecule has 2 rings (SSSR count). The van der Waals surface area contributed by atoms with Gasteiger partial charge in [-0.25, -0.2) is 4.79 Å². The van der Waals surface area contributed by atoms with Gasteiger partial charge in [0.1, 0.15) is 11.9 Å². The zero-order chi connectivity index (χ0) is 27.1. The molecule has 0 saturated heterocycles. The highest BCUT2D eigenvalue weighted by atomic mass is 19.4. The number of benzene rings is 2. The number of hydrogen-bond donors (Lipinski definition) is 1. The van der Waals surface area contributed by atoms with Crippen molar-refractivity contribution < 1.29 is 45.4 Å². The van der Waals surface area contributed by atoms with Crippen LogP contribution in [0.2, 0.25) is 0 Å². The van der Waals surface area contributed by atoms with Crippen LogP contribution in [0.25, 0.3) is 0 Å². The minimum absolute atomic E-state index is 0.0274. The molecule has 1 amide bonds. The first-order valence-electron chi connectivity index (χ1n) is 11.0. The molecule has 2 aromatic carbocycles. The Kier molecular flexibility index (Phi) is 9.53. The van der Waals surface area contributed by atoms with Gasteiger partial charge in [0, 0.05) is 6.42 Å². The molecule has 0 radical (unpaired) electrons. The fourth-order valence-electron chi connectivity index (χ4n) is 3.37. The van der Waals surface area contributed by atoms with Crippen molar-refractivity contribution in [2.75, 3.05) is 0 Å². The normalized spacial score (nSPS) is 14.1. The van der Waals surface area contributed by atoms with E-state index >= 15 is 0 Å². The summed E-state index contributed by atoms with van der Waals surface area (Å²) in [7, 11) is 0. The molecule has 0 aromatic heterocycles. The molecule has 2 aromatic rings. The average Bonchev–Trinajstić information content (AvgIpc) is 2.76. The Morgan fingerprint density at radius 3 is 1.97 bits per heavy atom. The number of aldehydes is 1. The Bertz CT molecular complexity index is 984. The lowest BCUT2D eigenvalue weighted by atomic mass is 9.98. The molecule has 11 heteroatoms. The van der Waals surface area contributed by atoms with Gasteiger partial charge in [-0.3, -0.25) is 0 Å². The summed E-state index contributed by atoms with van der Waals surface area (Å²) in [5.74, 6) is 0. The minimum atomic E-state index is -5.00. The van der Waals surface area contributed by atoms with Gasteiger partial charge >= 0.3 is 18.4 Å². The molecule has 0 bridgehead atoms. The smallest absolute Gasteiger partial charge is 0.416 e. The van der Waals surface area contributed by atoms with Crippen molar-refractivity contribution in [3.8, 4) is 0 Å². The molecule has 2 atom stereocenters. The second kappa shape index (κ2) is 11.8. The van der Waals surface area contributed by atoms with Crippen LogP contribution < -0.4 is 5.32 Å². The molecule has 198 valence electrons. The number of nitrogens with one attached hydrogen (secondary N) is 1. The predicted molar refractivity (Wildman–Crippen MR) is 119 cm³/mol. The van der Waals surface area contributed by atoms with E-state index in [0.717, 1.165) is 0 Å². The van der Waals surface area contributed by atoms with Crippen LogP contribution in [0.1, 0.15) is 61.9 Å². The molecular weight excluding hydrogens is 492 g/mol. The molecule has 0 spiro atoms. The molecule has 0 heterocycles. The fraction of sp³-hybridized carbons (Fsp3) is 0.440. The Balaban J connectivity index is 2.39. The van der Waals surface area contributed by atoms with Gasteiger partial charge in [-0.1, -0.05) is 30.3 Å². The van der Waals surface area contributed by atoms with Crippen LogP contribution in [-0.4, -0.2) is 24.1 Å². The van der Waals surface area contributed by atoms with Gasteiger partial charge in [-0.05, 0) is 56.5 Å². The first-order chi connectivity index (χ1) is 16.6. The number of halogens is 6. The summed E-state index contributed by atoms with van der Waals surface area (Å²) >= 11 is 0. The van der Waals surface area contributed by atoms with E-state index in [2.05, 4.69) is 5.32 Å². The van der Waals surface area contributed by atoms with Gasteiger partial charge in [-0.2, -0.15) is 26.3 Å². The molecule has 1 N–H and O–H groups in total. The van der Waals surface area contributed by atoms with Crippen molar-refractivity contribution in [3.63, 3.8) is 0 Å². The Labute approximate surface area is 204 Å². The van der Waals surface area contributed by atoms with Crippen molar-refractivity contribution >= 4 is 12.4 Å². The van der Waals surface area contributed by atoms with Crippen LogP contribution in [0.4, 0.5) is 31.1 Å². The van der Waals surface area contributed by atoms with Crippen LogP contribution in [-0.2, 0) is 33.2 Å². The summed E-state index contributed by atoms with van der Waals surface area (Å²) in [4.78, 5) is 23.5. The molecule has 5 nitrogen and oxygen atoms in total. The number of ether oxygens (including phenoxy) is 2. The van der Waals surface area contributed by atoms with E-state index in [1.807, 2.05) is 0 Å². The van der Waals surface area contributed by atoms with Crippen molar-refractivity contribution in [2.24, 2.45) is 0 Å². The molecule has 0 aliphatic carbocycles. The third-order valence-corrected chi connectivity index (χ3v) is 4.88. The maximum Gasteiger partial charge on any atom is 0.416 e. The first kappa shape index (κ1) is 29.2. The number of alkyl carbamates (subject to hydrolysis) is 1. The number of rotatable bonds is 9. The zero-order valence-electron chi connectivity index (χ0n) is 19.9. The molecule has 0 fully saturated rings. The monoisotopic (exact) mass is 519 g/mol. The maximum absolute atomic E-state index is 13.2. The lowest BCUT2D eigenvalue weighted by molar-refractivity contribution is -0.143. The van der Waals surface area contributed by atoms with E-state index in [4.69, 9.17) is 9.47 Å². The van der Waals surface area contributed by atoms with Gasteiger partial charge in [0.2, 0.25) is 0 Å². The van der Waals surface area contributed by atoms with Crippen molar-refractivity contribution in [2.45, 2.75) is 70.3 Å². The van der Waals surface area contributed by atoms with Crippen LogP contribution in [0.15, 0.2) is 48.5 Å².